The maximum atomic E-state index is 13.1. The standard InChI is InChI=1S/C9H11FN2O2S.CHF3O3S/c1-7-11(2)8-5-3-4-6-9(8)12(7)15(10,13)14;2-1(3,4)8(5,6)7/h3-7H,1-2H3;(H,5,6,7). The first-order valence-corrected chi connectivity index (χ1v) is 8.63. The first kappa shape index (κ1) is 19.6. The van der Waals surface area contributed by atoms with Crippen LogP contribution in [0, 0.1) is 0 Å². The van der Waals surface area contributed by atoms with Crippen LogP contribution in [-0.2, 0) is 20.5 Å². The Morgan fingerprint density at radius 2 is 1.61 bits per heavy atom. The van der Waals surface area contributed by atoms with E-state index in [1.54, 1.807) is 43.1 Å². The fourth-order valence-corrected chi connectivity index (χ4v) is 2.94. The molecule has 23 heavy (non-hydrogen) atoms. The summed E-state index contributed by atoms with van der Waals surface area (Å²) in [6.07, 6.45) is -0.447. The van der Waals surface area contributed by atoms with Crippen LogP contribution in [0.25, 0.3) is 0 Å². The number of benzene rings is 1. The molecule has 2 rings (SSSR count). The number of nitrogens with zero attached hydrogens (tertiary/aromatic N) is 1. The van der Waals surface area contributed by atoms with Gasteiger partial charge in [0, 0.05) is 20.0 Å². The molecule has 0 spiro atoms. The molecule has 1 aliphatic rings. The number of para-hydroxylation sites is 2. The van der Waals surface area contributed by atoms with Crippen molar-refractivity contribution in [2.75, 3.05) is 11.9 Å². The van der Waals surface area contributed by atoms with Crippen LogP contribution in [0.2, 0.25) is 0 Å². The lowest BCUT2D eigenvalue weighted by Crippen LogP contribution is -3.11. The van der Waals surface area contributed by atoms with E-state index in [1.807, 2.05) is 0 Å². The molecule has 1 heterocycles. The third kappa shape index (κ3) is 4.31. The molecule has 0 aliphatic carbocycles. The molecular weight excluding hydrogens is 368 g/mol. The Hall–Kier alpha value is -1.44. The zero-order valence-corrected chi connectivity index (χ0v) is 13.3. The van der Waals surface area contributed by atoms with Gasteiger partial charge in [0.25, 0.3) is 0 Å². The number of fused-ring (bicyclic) bond motifs is 1. The average molecular weight is 380 g/mol. The molecule has 13 heteroatoms. The Morgan fingerprint density at radius 1 is 1.17 bits per heavy atom. The van der Waals surface area contributed by atoms with E-state index in [-0.39, 0.29) is 4.31 Å². The third-order valence-corrected chi connectivity index (χ3v) is 4.71. The smallest absolute Gasteiger partial charge is 0.485 e. The number of rotatable bonds is 1. The van der Waals surface area contributed by atoms with Gasteiger partial charge in [-0.05, 0) is 6.07 Å². The number of anilines is 1. The summed E-state index contributed by atoms with van der Waals surface area (Å²) < 4.78 is 93.9. The number of nitrogens with one attached hydrogen (secondary N) is 1. The Balaban J connectivity index is 0.000000284. The van der Waals surface area contributed by atoms with Gasteiger partial charge in [-0.3, -0.25) is 0 Å². The first-order chi connectivity index (χ1) is 10.2. The Bertz CT molecular complexity index is 779. The summed E-state index contributed by atoms with van der Waals surface area (Å²) >= 11 is 0. The van der Waals surface area contributed by atoms with Gasteiger partial charge in [0.15, 0.2) is 22.0 Å². The van der Waals surface area contributed by atoms with Crippen molar-refractivity contribution in [3.8, 4) is 0 Å². The van der Waals surface area contributed by atoms with Crippen molar-refractivity contribution in [1.82, 2.24) is 0 Å². The van der Waals surface area contributed by atoms with Gasteiger partial charge in [0.1, 0.15) is 5.69 Å². The van der Waals surface area contributed by atoms with Gasteiger partial charge in [-0.25, -0.2) is 8.42 Å². The van der Waals surface area contributed by atoms with E-state index in [0.717, 1.165) is 5.69 Å². The molecule has 1 aromatic carbocycles. The summed E-state index contributed by atoms with van der Waals surface area (Å²) in [6.45, 7) is 1.67. The van der Waals surface area contributed by atoms with Crippen LogP contribution >= 0.6 is 0 Å². The zero-order chi connectivity index (χ0) is 18.2. The van der Waals surface area contributed by atoms with E-state index in [2.05, 4.69) is 0 Å². The monoisotopic (exact) mass is 380 g/mol. The largest absolute Gasteiger partial charge is 0.741 e. The normalized spacial score (nSPS) is 21.4. The molecular formula is C10H12F4N2O5S2. The fourth-order valence-electron chi connectivity index (χ4n) is 1.93. The van der Waals surface area contributed by atoms with Crippen molar-refractivity contribution < 1.29 is 42.8 Å². The van der Waals surface area contributed by atoms with Crippen molar-refractivity contribution in [2.45, 2.75) is 18.6 Å². The average Bonchev–Trinajstić information content (AvgIpc) is 2.60. The summed E-state index contributed by atoms with van der Waals surface area (Å²) in [5.41, 5.74) is -4.43. The van der Waals surface area contributed by atoms with Crippen LogP contribution in [0.15, 0.2) is 24.3 Å². The van der Waals surface area contributed by atoms with Gasteiger partial charge >= 0.3 is 15.9 Å². The number of quaternary nitrogens is 1. The highest BCUT2D eigenvalue weighted by molar-refractivity contribution is 7.86. The first-order valence-electron chi connectivity index (χ1n) is 5.84. The van der Waals surface area contributed by atoms with Crippen LogP contribution in [0.1, 0.15) is 6.92 Å². The number of halogens is 4. The van der Waals surface area contributed by atoms with Crippen LogP contribution in [0.5, 0.6) is 0 Å². The molecule has 132 valence electrons. The number of alkyl halides is 3. The van der Waals surface area contributed by atoms with Gasteiger partial charge in [-0.15, -0.1) is 12.7 Å². The van der Waals surface area contributed by atoms with E-state index < -0.39 is 32.2 Å². The van der Waals surface area contributed by atoms with E-state index >= 15 is 0 Å². The van der Waals surface area contributed by atoms with Gasteiger partial charge in [0.2, 0.25) is 0 Å². The molecule has 0 saturated carbocycles. The topological polar surface area (TPSA) is 99.0 Å². The minimum Gasteiger partial charge on any atom is -0.741 e. The Kier molecular flexibility index (Phi) is 5.30. The molecule has 0 fully saturated rings. The van der Waals surface area contributed by atoms with E-state index in [1.165, 1.54) is 0 Å². The van der Waals surface area contributed by atoms with Gasteiger partial charge in [0.05, 0.1) is 0 Å². The third-order valence-electron chi connectivity index (χ3n) is 3.06. The summed E-state index contributed by atoms with van der Waals surface area (Å²) in [7, 11) is -8.96. The molecule has 0 saturated heterocycles. The predicted molar refractivity (Wildman–Crippen MR) is 70.7 cm³/mol. The van der Waals surface area contributed by atoms with Crippen molar-refractivity contribution in [3.05, 3.63) is 24.3 Å². The lowest BCUT2D eigenvalue weighted by molar-refractivity contribution is -0.716. The molecule has 2 atom stereocenters. The van der Waals surface area contributed by atoms with Crippen molar-refractivity contribution in [3.63, 3.8) is 0 Å². The van der Waals surface area contributed by atoms with Crippen molar-refractivity contribution >= 4 is 31.9 Å². The highest BCUT2D eigenvalue weighted by Gasteiger charge is 2.44. The van der Waals surface area contributed by atoms with Gasteiger partial charge in [-0.2, -0.15) is 13.2 Å². The second kappa shape index (κ2) is 6.22. The fraction of sp³-hybridized carbons (Fsp3) is 0.400. The highest BCUT2D eigenvalue weighted by Crippen LogP contribution is 2.28. The maximum absolute atomic E-state index is 13.1. The van der Waals surface area contributed by atoms with E-state index in [4.69, 9.17) is 13.0 Å². The van der Waals surface area contributed by atoms with Gasteiger partial charge < -0.3 is 9.45 Å². The summed E-state index contributed by atoms with van der Waals surface area (Å²) in [4.78, 5) is 1.75. The number of hydrogen-bond donors (Lipinski definition) is 1. The molecule has 0 amide bonds. The van der Waals surface area contributed by atoms with Crippen LogP contribution in [0.3, 0.4) is 0 Å². The SMILES string of the molecule is CC1N(C)c2ccccc2[NH+]1S(=O)(=O)F.O=S(=O)([O-])C(F)(F)F. The minimum absolute atomic E-state index is 0.138. The zero-order valence-electron chi connectivity index (χ0n) is 11.7. The van der Waals surface area contributed by atoms with E-state index in [9.17, 15) is 25.5 Å². The quantitative estimate of drug-likeness (QED) is 0.325. The second-order valence-electron chi connectivity index (χ2n) is 4.51. The predicted octanol–water partition coefficient (Wildman–Crippen LogP) is 0.265. The molecule has 1 aliphatic heterocycles. The minimum atomic E-state index is -6.09. The van der Waals surface area contributed by atoms with Crippen LogP contribution < -0.4 is 9.21 Å². The Labute approximate surface area is 130 Å². The molecule has 2 unspecified atom stereocenters. The van der Waals surface area contributed by atoms with E-state index in [0.29, 0.717) is 5.69 Å². The molecule has 1 aromatic rings. The summed E-state index contributed by atoms with van der Waals surface area (Å²) in [6, 6.07) is 6.91. The van der Waals surface area contributed by atoms with Crippen LogP contribution in [-0.4, -0.2) is 40.1 Å². The molecule has 7 nitrogen and oxygen atoms in total. The second-order valence-corrected chi connectivity index (χ2v) is 7.19. The van der Waals surface area contributed by atoms with Crippen molar-refractivity contribution in [1.29, 1.82) is 0 Å². The molecule has 0 aromatic heterocycles. The number of hydrogen-bond acceptors (Lipinski definition) is 6. The summed E-state index contributed by atoms with van der Waals surface area (Å²) in [5, 5.41) is 0. The van der Waals surface area contributed by atoms with Crippen molar-refractivity contribution in [2.24, 2.45) is 0 Å². The maximum Gasteiger partial charge on any atom is 0.485 e. The summed E-state index contributed by atoms with van der Waals surface area (Å²) in [5.74, 6) is 0. The van der Waals surface area contributed by atoms with Crippen LogP contribution in [0.4, 0.5) is 28.4 Å². The molecule has 0 radical (unpaired) electrons. The molecule has 1 N–H and O–H groups in total. The highest BCUT2D eigenvalue weighted by atomic mass is 32.3. The van der Waals surface area contributed by atoms with Gasteiger partial charge in [-0.1, -0.05) is 16.0 Å². The lowest BCUT2D eigenvalue weighted by Gasteiger charge is -2.17. The molecule has 0 bridgehead atoms. The Morgan fingerprint density at radius 3 is 2.00 bits per heavy atom. The lowest BCUT2D eigenvalue weighted by atomic mass is 10.3.